The van der Waals surface area contributed by atoms with E-state index in [1.807, 2.05) is 7.05 Å². The van der Waals surface area contributed by atoms with Gasteiger partial charge >= 0.3 is 0 Å². The summed E-state index contributed by atoms with van der Waals surface area (Å²) >= 11 is 0. The SMILES string of the molecule is CCCOC1(CNC(=NC)NCCCOC2CCOC2)CCCCC1. The van der Waals surface area contributed by atoms with E-state index in [0.717, 1.165) is 77.6 Å². The van der Waals surface area contributed by atoms with Gasteiger partial charge in [-0.1, -0.05) is 26.2 Å². The van der Waals surface area contributed by atoms with Gasteiger partial charge in [0.1, 0.15) is 0 Å². The molecular weight excluding hydrogens is 318 g/mol. The second-order valence-electron chi connectivity index (χ2n) is 7.15. The van der Waals surface area contributed by atoms with Crippen molar-refractivity contribution in [3.05, 3.63) is 0 Å². The molecule has 2 N–H and O–H groups in total. The lowest BCUT2D eigenvalue weighted by molar-refractivity contribution is -0.0657. The minimum Gasteiger partial charge on any atom is -0.379 e. The fraction of sp³-hybridized carbons (Fsp3) is 0.947. The van der Waals surface area contributed by atoms with Crippen LogP contribution in [-0.2, 0) is 14.2 Å². The highest BCUT2D eigenvalue weighted by Crippen LogP contribution is 2.31. The lowest BCUT2D eigenvalue weighted by Gasteiger charge is -2.37. The molecule has 0 bridgehead atoms. The Kier molecular flexibility index (Phi) is 9.58. The van der Waals surface area contributed by atoms with E-state index in [1.54, 1.807) is 0 Å². The maximum Gasteiger partial charge on any atom is 0.191 e. The maximum atomic E-state index is 6.24. The number of nitrogens with one attached hydrogen (secondary N) is 2. The molecule has 0 aromatic carbocycles. The molecule has 25 heavy (non-hydrogen) atoms. The van der Waals surface area contributed by atoms with E-state index in [2.05, 4.69) is 22.5 Å². The van der Waals surface area contributed by atoms with Crippen molar-refractivity contribution in [1.82, 2.24) is 10.6 Å². The first kappa shape index (κ1) is 20.5. The van der Waals surface area contributed by atoms with Crippen LogP contribution < -0.4 is 10.6 Å². The van der Waals surface area contributed by atoms with Crippen molar-refractivity contribution in [3.63, 3.8) is 0 Å². The number of rotatable bonds is 10. The molecule has 0 spiro atoms. The molecule has 2 rings (SSSR count). The second-order valence-corrected chi connectivity index (χ2v) is 7.15. The zero-order chi connectivity index (χ0) is 17.8. The molecule has 1 aliphatic carbocycles. The molecule has 0 aromatic heterocycles. The second kappa shape index (κ2) is 11.7. The van der Waals surface area contributed by atoms with Gasteiger partial charge in [0.15, 0.2) is 5.96 Å². The van der Waals surface area contributed by atoms with Gasteiger partial charge < -0.3 is 24.8 Å². The Balaban J connectivity index is 1.63. The van der Waals surface area contributed by atoms with Crippen molar-refractivity contribution in [1.29, 1.82) is 0 Å². The minimum absolute atomic E-state index is 0.0164. The van der Waals surface area contributed by atoms with Crippen LogP contribution in [0.4, 0.5) is 0 Å². The summed E-state index contributed by atoms with van der Waals surface area (Å²) in [4.78, 5) is 4.34. The van der Waals surface area contributed by atoms with Crippen LogP contribution in [0.1, 0.15) is 58.3 Å². The van der Waals surface area contributed by atoms with E-state index < -0.39 is 0 Å². The first-order valence-electron chi connectivity index (χ1n) is 10.1. The third-order valence-corrected chi connectivity index (χ3v) is 5.03. The van der Waals surface area contributed by atoms with Crippen LogP contribution in [0, 0.1) is 0 Å². The van der Waals surface area contributed by atoms with E-state index in [0.29, 0.717) is 6.10 Å². The van der Waals surface area contributed by atoms with Crippen molar-refractivity contribution in [2.24, 2.45) is 4.99 Å². The molecule has 0 amide bonds. The summed E-state index contributed by atoms with van der Waals surface area (Å²) < 4.78 is 17.3. The average Bonchev–Trinajstić information content (AvgIpc) is 3.16. The first-order valence-corrected chi connectivity index (χ1v) is 10.1. The Morgan fingerprint density at radius 1 is 1.20 bits per heavy atom. The summed E-state index contributed by atoms with van der Waals surface area (Å²) in [5.41, 5.74) is -0.0164. The molecule has 1 atom stereocenters. The van der Waals surface area contributed by atoms with Crippen LogP contribution in [0.3, 0.4) is 0 Å². The first-order chi connectivity index (χ1) is 12.3. The Morgan fingerprint density at radius 2 is 2.04 bits per heavy atom. The monoisotopic (exact) mass is 355 g/mol. The molecule has 1 heterocycles. The Bertz CT molecular complexity index is 378. The van der Waals surface area contributed by atoms with Crippen LogP contribution in [0.5, 0.6) is 0 Å². The highest BCUT2D eigenvalue weighted by atomic mass is 16.5. The fourth-order valence-corrected chi connectivity index (χ4v) is 3.53. The quantitative estimate of drug-likeness (QED) is 0.358. The zero-order valence-electron chi connectivity index (χ0n) is 16.1. The fourth-order valence-electron chi connectivity index (χ4n) is 3.53. The topological polar surface area (TPSA) is 64.1 Å². The Hall–Kier alpha value is -0.850. The summed E-state index contributed by atoms with van der Waals surface area (Å²) in [6.07, 6.45) is 9.50. The number of aliphatic imine (C=N–C) groups is 1. The highest BCUT2D eigenvalue weighted by molar-refractivity contribution is 5.79. The van der Waals surface area contributed by atoms with Crippen molar-refractivity contribution in [2.75, 3.05) is 46.6 Å². The number of hydrogen-bond acceptors (Lipinski definition) is 4. The molecule has 1 unspecified atom stereocenters. The number of ether oxygens (including phenoxy) is 3. The maximum absolute atomic E-state index is 6.24. The molecule has 0 radical (unpaired) electrons. The van der Waals surface area contributed by atoms with Crippen LogP contribution in [0.15, 0.2) is 4.99 Å². The number of nitrogens with zero attached hydrogens (tertiary/aromatic N) is 1. The van der Waals surface area contributed by atoms with Gasteiger partial charge in [0.05, 0.1) is 18.3 Å². The zero-order valence-corrected chi connectivity index (χ0v) is 16.1. The third-order valence-electron chi connectivity index (χ3n) is 5.03. The Morgan fingerprint density at radius 3 is 2.72 bits per heavy atom. The van der Waals surface area contributed by atoms with Crippen LogP contribution in [0.25, 0.3) is 0 Å². The van der Waals surface area contributed by atoms with E-state index in [1.165, 1.54) is 19.3 Å². The van der Waals surface area contributed by atoms with Crippen molar-refractivity contribution in [2.45, 2.75) is 70.0 Å². The van der Waals surface area contributed by atoms with Crippen molar-refractivity contribution in [3.8, 4) is 0 Å². The molecular formula is C19H37N3O3. The van der Waals surface area contributed by atoms with Crippen LogP contribution in [-0.4, -0.2) is 64.2 Å². The molecule has 146 valence electrons. The van der Waals surface area contributed by atoms with E-state index >= 15 is 0 Å². The molecule has 0 aromatic rings. The largest absolute Gasteiger partial charge is 0.379 e. The summed E-state index contributed by atoms with van der Waals surface area (Å²) in [7, 11) is 1.82. The van der Waals surface area contributed by atoms with Crippen molar-refractivity contribution < 1.29 is 14.2 Å². The van der Waals surface area contributed by atoms with Crippen molar-refractivity contribution >= 4 is 5.96 Å². The summed E-state index contributed by atoms with van der Waals surface area (Å²) in [5.74, 6) is 0.856. The summed E-state index contributed by atoms with van der Waals surface area (Å²) in [6.45, 7) is 7.05. The van der Waals surface area contributed by atoms with Gasteiger partial charge in [-0.05, 0) is 32.1 Å². The highest BCUT2D eigenvalue weighted by Gasteiger charge is 2.32. The molecule has 1 saturated carbocycles. The van der Waals surface area contributed by atoms with Gasteiger partial charge in [-0.3, -0.25) is 4.99 Å². The minimum atomic E-state index is -0.0164. The van der Waals surface area contributed by atoms with Crippen LogP contribution >= 0.6 is 0 Å². The lowest BCUT2D eigenvalue weighted by atomic mass is 9.84. The van der Waals surface area contributed by atoms with Gasteiger partial charge in [-0.15, -0.1) is 0 Å². The number of guanidine groups is 1. The summed E-state index contributed by atoms with van der Waals surface area (Å²) in [5, 5.41) is 6.85. The van der Waals surface area contributed by atoms with E-state index in [9.17, 15) is 0 Å². The predicted molar refractivity (Wildman–Crippen MR) is 101 cm³/mol. The summed E-state index contributed by atoms with van der Waals surface area (Å²) in [6, 6.07) is 0. The van der Waals surface area contributed by atoms with Gasteiger partial charge in [-0.2, -0.15) is 0 Å². The number of hydrogen-bond donors (Lipinski definition) is 2. The lowest BCUT2D eigenvalue weighted by Crippen LogP contribution is -2.49. The molecule has 2 aliphatic rings. The predicted octanol–water partition coefficient (Wildman–Crippen LogP) is 2.48. The smallest absolute Gasteiger partial charge is 0.191 e. The standard InChI is InChI=1S/C19H37N3O3/c1-3-12-25-19(9-5-4-6-10-19)16-22-18(20-2)21-11-7-13-24-17-8-14-23-15-17/h17H,3-16H2,1-2H3,(H2,20,21,22). The van der Waals surface area contributed by atoms with Crippen LogP contribution in [0.2, 0.25) is 0 Å². The van der Waals surface area contributed by atoms with Gasteiger partial charge in [0, 0.05) is 40.0 Å². The van der Waals surface area contributed by atoms with E-state index in [4.69, 9.17) is 14.2 Å². The van der Waals surface area contributed by atoms with E-state index in [-0.39, 0.29) is 5.60 Å². The van der Waals surface area contributed by atoms with Gasteiger partial charge in [-0.25, -0.2) is 0 Å². The van der Waals surface area contributed by atoms with Gasteiger partial charge in [0.25, 0.3) is 0 Å². The molecule has 6 nitrogen and oxygen atoms in total. The van der Waals surface area contributed by atoms with Gasteiger partial charge in [0.2, 0.25) is 0 Å². The average molecular weight is 356 g/mol. The normalized spacial score (nSPS) is 23.6. The third kappa shape index (κ3) is 7.50. The molecule has 1 saturated heterocycles. The molecule has 6 heteroatoms. The Labute approximate surface area is 153 Å². The molecule has 1 aliphatic heterocycles. The molecule has 2 fully saturated rings.